The summed E-state index contributed by atoms with van der Waals surface area (Å²) < 4.78 is 12.7. The second-order valence-electron chi connectivity index (χ2n) is 9.28. The SMILES string of the molecule is CCOc1cc(/C=C2\SC(=O)N(CC(=O)N3CCc4ccccc4C3)C2=O)cc(Cl)c1OCc1ccc(Br)cc1. The minimum Gasteiger partial charge on any atom is -0.490 e. The van der Waals surface area contributed by atoms with Gasteiger partial charge in [0.2, 0.25) is 5.91 Å². The van der Waals surface area contributed by atoms with Gasteiger partial charge in [0.25, 0.3) is 11.1 Å². The molecular formula is C30H26BrClN2O5S. The van der Waals surface area contributed by atoms with Crippen LogP contribution in [0.4, 0.5) is 4.79 Å². The third kappa shape index (κ3) is 6.37. The van der Waals surface area contributed by atoms with Crippen molar-refractivity contribution >= 4 is 62.4 Å². The number of benzene rings is 3. The van der Waals surface area contributed by atoms with E-state index in [9.17, 15) is 14.4 Å². The Morgan fingerprint density at radius 2 is 1.82 bits per heavy atom. The average Bonchev–Trinajstić information content (AvgIpc) is 3.20. The van der Waals surface area contributed by atoms with E-state index in [0.717, 1.165) is 38.7 Å². The molecule has 1 fully saturated rings. The largest absolute Gasteiger partial charge is 0.490 e. The van der Waals surface area contributed by atoms with Crippen LogP contribution in [0.3, 0.4) is 0 Å². The summed E-state index contributed by atoms with van der Waals surface area (Å²) in [4.78, 5) is 41.8. The second-order valence-corrected chi connectivity index (χ2v) is 11.6. The zero-order valence-electron chi connectivity index (χ0n) is 21.7. The Hall–Kier alpha value is -3.27. The topological polar surface area (TPSA) is 76.2 Å². The lowest BCUT2D eigenvalue weighted by molar-refractivity contribution is -0.136. The van der Waals surface area contributed by atoms with Gasteiger partial charge in [-0.2, -0.15) is 0 Å². The van der Waals surface area contributed by atoms with Crippen molar-refractivity contribution in [2.75, 3.05) is 19.7 Å². The number of amides is 3. The molecular weight excluding hydrogens is 616 g/mol. The number of hydrogen-bond acceptors (Lipinski definition) is 6. The Morgan fingerprint density at radius 3 is 2.58 bits per heavy atom. The number of hydrogen-bond donors (Lipinski definition) is 0. The number of imide groups is 1. The van der Waals surface area contributed by atoms with Crippen LogP contribution in [-0.2, 0) is 29.2 Å². The molecule has 0 saturated carbocycles. The van der Waals surface area contributed by atoms with Crippen LogP contribution >= 0.6 is 39.3 Å². The van der Waals surface area contributed by atoms with Gasteiger partial charge >= 0.3 is 0 Å². The molecule has 0 bridgehead atoms. The number of nitrogens with zero attached hydrogens (tertiary/aromatic N) is 2. The Bertz CT molecular complexity index is 1490. The molecule has 2 aliphatic rings. The summed E-state index contributed by atoms with van der Waals surface area (Å²) in [6.07, 6.45) is 2.33. The van der Waals surface area contributed by atoms with Crippen LogP contribution in [0.2, 0.25) is 5.02 Å². The first-order chi connectivity index (χ1) is 19.3. The van der Waals surface area contributed by atoms with Crippen molar-refractivity contribution in [1.29, 1.82) is 0 Å². The first kappa shape index (κ1) is 28.3. The molecule has 10 heteroatoms. The van der Waals surface area contributed by atoms with Gasteiger partial charge in [0.15, 0.2) is 11.5 Å². The maximum absolute atomic E-state index is 13.1. The highest BCUT2D eigenvalue weighted by Crippen LogP contribution is 2.39. The summed E-state index contributed by atoms with van der Waals surface area (Å²) in [5.74, 6) is 0.0564. The van der Waals surface area contributed by atoms with Crippen molar-refractivity contribution in [2.45, 2.75) is 26.5 Å². The van der Waals surface area contributed by atoms with E-state index in [1.165, 1.54) is 5.56 Å². The number of carbonyl (C=O) groups excluding carboxylic acids is 3. The fourth-order valence-electron chi connectivity index (χ4n) is 4.54. The van der Waals surface area contributed by atoms with Crippen LogP contribution < -0.4 is 9.47 Å². The molecule has 0 N–H and O–H groups in total. The normalized spacial score (nSPS) is 15.9. The molecule has 40 heavy (non-hydrogen) atoms. The quantitative estimate of drug-likeness (QED) is 0.255. The van der Waals surface area contributed by atoms with Crippen molar-refractivity contribution in [1.82, 2.24) is 9.80 Å². The zero-order chi connectivity index (χ0) is 28.2. The number of fused-ring (bicyclic) bond motifs is 1. The van der Waals surface area contributed by atoms with Gasteiger partial charge in [-0.25, -0.2) is 0 Å². The summed E-state index contributed by atoms with van der Waals surface area (Å²) in [6.45, 7) is 3.25. The summed E-state index contributed by atoms with van der Waals surface area (Å²) >= 11 is 10.8. The summed E-state index contributed by atoms with van der Waals surface area (Å²) in [7, 11) is 0. The maximum Gasteiger partial charge on any atom is 0.294 e. The minimum absolute atomic E-state index is 0.212. The van der Waals surface area contributed by atoms with Gasteiger partial charge < -0.3 is 14.4 Å². The minimum atomic E-state index is -0.509. The summed E-state index contributed by atoms with van der Waals surface area (Å²) in [6, 6.07) is 19.1. The molecule has 206 valence electrons. The predicted molar refractivity (Wildman–Crippen MR) is 159 cm³/mol. The highest BCUT2D eigenvalue weighted by Gasteiger charge is 2.37. The summed E-state index contributed by atoms with van der Waals surface area (Å²) in [5.41, 5.74) is 3.84. The van der Waals surface area contributed by atoms with Crippen LogP contribution in [0.5, 0.6) is 11.5 Å². The fraction of sp³-hybridized carbons (Fsp3) is 0.233. The number of carbonyl (C=O) groups is 3. The van der Waals surface area contributed by atoms with E-state index in [0.29, 0.717) is 48.4 Å². The molecule has 2 heterocycles. The van der Waals surface area contributed by atoms with Gasteiger partial charge in [0.1, 0.15) is 13.2 Å². The van der Waals surface area contributed by atoms with Gasteiger partial charge in [0.05, 0.1) is 16.5 Å². The zero-order valence-corrected chi connectivity index (χ0v) is 24.9. The third-order valence-corrected chi connectivity index (χ3v) is 8.29. The van der Waals surface area contributed by atoms with Gasteiger partial charge in [0, 0.05) is 17.6 Å². The van der Waals surface area contributed by atoms with E-state index in [-0.39, 0.29) is 17.4 Å². The Labute approximate surface area is 250 Å². The van der Waals surface area contributed by atoms with Crippen molar-refractivity contribution in [3.8, 4) is 11.5 Å². The number of rotatable bonds is 8. The van der Waals surface area contributed by atoms with E-state index < -0.39 is 11.1 Å². The third-order valence-electron chi connectivity index (χ3n) is 6.58. The molecule has 7 nitrogen and oxygen atoms in total. The molecule has 0 aromatic heterocycles. The van der Waals surface area contributed by atoms with Crippen LogP contribution in [0, 0.1) is 0 Å². The van der Waals surface area contributed by atoms with Crippen LogP contribution in [-0.4, -0.2) is 46.5 Å². The molecule has 0 aliphatic carbocycles. The molecule has 0 radical (unpaired) electrons. The fourth-order valence-corrected chi connectivity index (χ4v) is 5.92. The van der Waals surface area contributed by atoms with Crippen LogP contribution in [0.1, 0.15) is 29.2 Å². The number of ether oxygens (including phenoxy) is 2. The molecule has 3 aromatic carbocycles. The lowest BCUT2D eigenvalue weighted by Gasteiger charge is -2.29. The van der Waals surface area contributed by atoms with E-state index in [4.69, 9.17) is 21.1 Å². The lowest BCUT2D eigenvalue weighted by atomic mass is 10.00. The van der Waals surface area contributed by atoms with E-state index in [2.05, 4.69) is 22.0 Å². The Morgan fingerprint density at radius 1 is 1.07 bits per heavy atom. The summed E-state index contributed by atoms with van der Waals surface area (Å²) in [5, 5.41) is -0.165. The van der Waals surface area contributed by atoms with Crippen molar-refractivity contribution in [3.05, 3.63) is 97.3 Å². The lowest BCUT2D eigenvalue weighted by Crippen LogP contribution is -2.44. The molecule has 1 saturated heterocycles. The Kier molecular flexibility index (Phi) is 8.83. The molecule has 3 aromatic rings. The first-order valence-corrected chi connectivity index (χ1v) is 14.7. The van der Waals surface area contributed by atoms with Crippen molar-refractivity contribution in [2.24, 2.45) is 0 Å². The van der Waals surface area contributed by atoms with Gasteiger partial charge in [-0.3, -0.25) is 19.3 Å². The Balaban J connectivity index is 1.29. The highest BCUT2D eigenvalue weighted by atomic mass is 79.9. The number of thioether (sulfide) groups is 1. The average molecular weight is 642 g/mol. The van der Waals surface area contributed by atoms with Crippen molar-refractivity contribution < 1.29 is 23.9 Å². The van der Waals surface area contributed by atoms with Gasteiger partial charge in [-0.1, -0.05) is 63.9 Å². The van der Waals surface area contributed by atoms with E-state index in [1.807, 2.05) is 49.4 Å². The van der Waals surface area contributed by atoms with Crippen LogP contribution in [0.15, 0.2) is 70.0 Å². The van der Waals surface area contributed by atoms with Crippen molar-refractivity contribution in [3.63, 3.8) is 0 Å². The molecule has 5 rings (SSSR count). The molecule has 2 aliphatic heterocycles. The van der Waals surface area contributed by atoms with E-state index in [1.54, 1.807) is 23.1 Å². The highest BCUT2D eigenvalue weighted by molar-refractivity contribution is 9.10. The van der Waals surface area contributed by atoms with Crippen LogP contribution in [0.25, 0.3) is 6.08 Å². The molecule has 3 amide bonds. The molecule has 0 atom stereocenters. The van der Waals surface area contributed by atoms with Gasteiger partial charge in [-0.15, -0.1) is 0 Å². The monoisotopic (exact) mass is 640 g/mol. The predicted octanol–water partition coefficient (Wildman–Crippen LogP) is 6.70. The van der Waals surface area contributed by atoms with Gasteiger partial charge in [-0.05, 0) is 77.7 Å². The molecule has 0 spiro atoms. The smallest absolute Gasteiger partial charge is 0.294 e. The molecule has 0 unspecified atom stereocenters. The standard InChI is InChI=1S/C30H26BrClN2O5S/c1-2-38-25-14-20(13-24(32)28(25)39-18-19-7-9-23(31)10-8-19)15-26-29(36)34(30(37)40-26)17-27(35)33-12-11-21-5-3-4-6-22(21)16-33/h3-10,13-15H,2,11-12,16-18H2,1H3/b26-15-. The maximum atomic E-state index is 13.1. The number of halogens is 2. The van der Waals surface area contributed by atoms with E-state index >= 15 is 0 Å². The second kappa shape index (κ2) is 12.5. The first-order valence-electron chi connectivity index (χ1n) is 12.8.